The molecule has 3 aromatic rings. The Labute approximate surface area is 210 Å². The molecule has 0 bridgehead atoms. The third-order valence-corrected chi connectivity index (χ3v) is 6.02. The van der Waals surface area contributed by atoms with Crippen molar-refractivity contribution < 1.29 is 14.5 Å². The summed E-state index contributed by atoms with van der Waals surface area (Å²) in [5, 5.41) is 12.4. The molecule has 4 rings (SSSR count). The largest absolute Gasteiger partial charge is 0.497 e. The lowest BCUT2D eigenvalue weighted by molar-refractivity contribution is -0.383. The second kappa shape index (κ2) is 10.6. The first-order chi connectivity index (χ1) is 16.9. The van der Waals surface area contributed by atoms with Crippen LogP contribution in [0.2, 0.25) is 10.0 Å². The Morgan fingerprint density at radius 1 is 1.06 bits per heavy atom. The topological polar surface area (TPSA) is 126 Å². The van der Waals surface area contributed by atoms with Crippen LogP contribution in [-0.4, -0.2) is 54.1 Å². The Hall–Kier alpha value is -3.83. The number of ether oxygens (including phenoxy) is 1. The number of nitrogens with one attached hydrogen (secondary N) is 2. The summed E-state index contributed by atoms with van der Waals surface area (Å²) >= 11 is 11.9. The number of aromatic nitrogens is 2. The third-order valence-electron chi connectivity index (χ3n) is 5.47. The SMILES string of the molecule is COc1ccc(N2CCN(c3ncnc(NNC(=O)c4ccc(Cl)cc4Cl)c3[N+](=O)[O-])CC2)cc1. The van der Waals surface area contributed by atoms with Crippen molar-refractivity contribution >= 4 is 52.1 Å². The summed E-state index contributed by atoms with van der Waals surface area (Å²) < 4.78 is 5.20. The molecule has 0 saturated carbocycles. The van der Waals surface area contributed by atoms with Gasteiger partial charge < -0.3 is 14.5 Å². The zero-order chi connectivity index (χ0) is 24.9. The summed E-state index contributed by atoms with van der Waals surface area (Å²) in [6, 6.07) is 12.1. The van der Waals surface area contributed by atoms with Crippen LogP contribution >= 0.6 is 23.2 Å². The van der Waals surface area contributed by atoms with Gasteiger partial charge in [-0.15, -0.1) is 0 Å². The Kier molecular flexibility index (Phi) is 7.37. The minimum absolute atomic E-state index is 0.143. The molecule has 1 saturated heterocycles. The molecule has 1 amide bonds. The van der Waals surface area contributed by atoms with Gasteiger partial charge in [-0.1, -0.05) is 23.2 Å². The predicted octanol–water partition coefficient (Wildman–Crippen LogP) is 3.78. The van der Waals surface area contributed by atoms with Gasteiger partial charge in [0.25, 0.3) is 5.91 Å². The average molecular weight is 518 g/mol. The van der Waals surface area contributed by atoms with Crippen LogP contribution in [0, 0.1) is 10.1 Å². The number of rotatable bonds is 7. The molecule has 1 aliphatic rings. The van der Waals surface area contributed by atoms with Crippen molar-refractivity contribution in [2.75, 3.05) is 48.5 Å². The molecule has 1 aliphatic heterocycles. The van der Waals surface area contributed by atoms with Gasteiger partial charge in [-0.2, -0.15) is 0 Å². The molecule has 11 nitrogen and oxygen atoms in total. The minimum atomic E-state index is -0.603. The number of halogens is 2. The Morgan fingerprint density at radius 2 is 1.74 bits per heavy atom. The molecule has 1 fully saturated rings. The van der Waals surface area contributed by atoms with E-state index >= 15 is 0 Å². The van der Waals surface area contributed by atoms with Gasteiger partial charge >= 0.3 is 5.69 Å². The maximum Gasteiger partial charge on any atom is 0.355 e. The number of hydrogen-bond acceptors (Lipinski definition) is 9. The van der Waals surface area contributed by atoms with Gasteiger partial charge in [0, 0.05) is 36.9 Å². The van der Waals surface area contributed by atoms with Crippen LogP contribution in [-0.2, 0) is 0 Å². The van der Waals surface area contributed by atoms with Crippen LogP contribution in [0.3, 0.4) is 0 Å². The van der Waals surface area contributed by atoms with Crippen LogP contribution in [0.25, 0.3) is 0 Å². The van der Waals surface area contributed by atoms with E-state index in [4.69, 9.17) is 27.9 Å². The molecular formula is C22H21Cl2N7O4. The lowest BCUT2D eigenvalue weighted by Gasteiger charge is -2.36. The smallest absolute Gasteiger partial charge is 0.355 e. The zero-order valence-electron chi connectivity index (χ0n) is 18.6. The van der Waals surface area contributed by atoms with Crippen molar-refractivity contribution in [1.82, 2.24) is 15.4 Å². The molecule has 0 spiro atoms. The summed E-state index contributed by atoms with van der Waals surface area (Å²) in [6.07, 6.45) is 1.21. The zero-order valence-corrected chi connectivity index (χ0v) is 20.1. The maximum atomic E-state index is 12.5. The summed E-state index contributed by atoms with van der Waals surface area (Å²) in [5.74, 6) is 0.195. The summed E-state index contributed by atoms with van der Waals surface area (Å²) in [5.41, 5.74) is 5.76. The molecular weight excluding hydrogens is 497 g/mol. The summed E-state index contributed by atoms with van der Waals surface area (Å²) in [7, 11) is 1.61. The molecule has 0 unspecified atom stereocenters. The number of amides is 1. The highest BCUT2D eigenvalue weighted by Gasteiger charge is 2.29. The lowest BCUT2D eigenvalue weighted by atomic mass is 10.2. The summed E-state index contributed by atoms with van der Waals surface area (Å²) in [6.45, 7) is 2.30. The second-order valence-electron chi connectivity index (χ2n) is 7.53. The first-order valence-corrected chi connectivity index (χ1v) is 11.3. The van der Waals surface area contributed by atoms with Crippen LogP contribution in [0.1, 0.15) is 10.4 Å². The van der Waals surface area contributed by atoms with E-state index in [-0.39, 0.29) is 27.9 Å². The lowest BCUT2D eigenvalue weighted by Crippen LogP contribution is -2.47. The number of methoxy groups -OCH3 is 1. The van der Waals surface area contributed by atoms with Gasteiger partial charge in [-0.3, -0.25) is 25.8 Å². The quantitative estimate of drug-likeness (QED) is 0.355. The average Bonchev–Trinajstić information content (AvgIpc) is 2.87. The standard InChI is InChI=1S/C22H21Cl2N7O4/c1-35-16-5-3-15(4-6-16)29-8-10-30(11-9-29)21-19(31(33)34)20(25-13-26-21)27-28-22(32)17-7-2-14(23)12-18(17)24/h2-7,12-13H,8-11H2,1H3,(H,28,32)(H,25,26,27). The first-order valence-electron chi connectivity index (χ1n) is 10.5. The van der Waals surface area contributed by atoms with Crippen molar-refractivity contribution in [3.8, 4) is 5.75 Å². The first kappa shape index (κ1) is 24.3. The van der Waals surface area contributed by atoms with E-state index < -0.39 is 10.8 Å². The van der Waals surface area contributed by atoms with Crippen molar-refractivity contribution in [2.45, 2.75) is 0 Å². The number of nitrogens with zero attached hydrogens (tertiary/aromatic N) is 5. The maximum absolute atomic E-state index is 12.5. The van der Waals surface area contributed by atoms with Gasteiger partial charge in [-0.05, 0) is 42.5 Å². The number of piperazine rings is 1. The number of anilines is 3. The highest BCUT2D eigenvalue weighted by molar-refractivity contribution is 6.36. The van der Waals surface area contributed by atoms with Crippen LogP contribution in [0.4, 0.5) is 23.0 Å². The van der Waals surface area contributed by atoms with Crippen molar-refractivity contribution in [1.29, 1.82) is 0 Å². The number of hydrazine groups is 1. The molecule has 1 aromatic heterocycles. The highest BCUT2D eigenvalue weighted by atomic mass is 35.5. The number of hydrogen-bond donors (Lipinski definition) is 2. The van der Waals surface area contributed by atoms with E-state index in [1.54, 1.807) is 7.11 Å². The van der Waals surface area contributed by atoms with E-state index in [1.165, 1.54) is 24.5 Å². The monoisotopic (exact) mass is 517 g/mol. The van der Waals surface area contributed by atoms with E-state index in [0.29, 0.717) is 31.2 Å². The van der Waals surface area contributed by atoms with Gasteiger partial charge in [0.1, 0.15) is 12.1 Å². The molecule has 2 N–H and O–H groups in total. The van der Waals surface area contributed by atoms with E-state index in [1.807, 2.05) is 29.2 Å². The molecule has 2 heterocycles. The predicted molar refractivity (Wildman–Crippen MR) is 134 cm³/mol. The molecule has 35 heavy (non-hydrogen) atoms. The number of nitro groups is 1. The Bertz CT molecular complexity index is 1230. The van der Waals surface area contributed by atoms with Gasteiger partial charge in [-0.25, -0.2) is 9.97 Å². The van der Waals surface area contributed by atoms with E-state index in [2.05, 4.69) is 25.7 Å². The van der Waals surface area contributed by atoms with Crippen molar-refractivity contribution in [2.24, 2.45) is 0 Å². The Balaban J connectivity index is 1.47. The van der Waals surface area contributed by atoms with Gasteiger partial charge in [0.2, 0.25) is 11.6 Å². The van der Waals surface area contributed by atoms with E-state index in [9.17, 15) is 14.9 Å². The second-order valence-corrected chi connectivity index (χ2v) is 8.37. The van der Waals surface area contributed by atoms with Crippen LogP contribution in [0.5, 0.6) is 5.75 Å². The molecule has 2 aromatic carbocycles. The normalized spacial score (nSPS) is 13.3. The van der Waals surface area contributed by atoms with Crippen molar-refractivity contribution in [3.63, 3.8) is 0 Å². The fraction of sp³-hybridized carbons (Fsp3) is 0.227. The third kappa shape index (κ3) is 5.47. The van der Waals surface area contributed by atoms with E-state index in [0.717, 1.165) is 11.4 Å². The van der Waals surface area contributed by atoms with Gasteiger partial charge in [0.05, 0.1) is 22.6 Å². The van der Waals surface area contributed by atoms with Gasteiger partial charge in [0.15, 0.2) is 0 Å². The molecule has 0 radical (unpaired) electrons. The molecule has 13 heteroatoms. The number of carbonyl (C=O) groups is 1. The van der Waals surface area contributed by atoms with Crippen LogP contribution < -0.4 is 25.4 Å². The number of carbonyl (C=O) groups excluding carboxylic acids is 1. The van der Waals surface area contributed by atoms with Crippen molar-refractivity contribution in [3.05, 3.63) is 74.5 Å². The number of benzene rings is 2. The Morgan fingerprint density at radius 3 is 2.37 bits per heavy atom. The fourth-order valence-corrected chi connectivity index (χ4v) is 4.18. The molecule has 182 valence electrons. The minimum Gasteiger partial charge on any atom is -0.497 e. The fourth-order valence-electron chi connectivity index (χ4n) is 3.69. The highest BCUT2D eigenvalue weighted by Crippen LogP contribution is 2.32. The summed E-state index contributed by atoms with van der Waals surface area (Å²) in [4.78, 5) is 36.0. The molecule has 0 atom stereocenters. The molecule has 0 aliphatic carbocycles. The van der Waals surface area contributed by atoms with Crippen LogP contribution in [0.15, 0.2) is 48.8 Å².